The zero-order chi connectivity index (χ0) is 5.11. The average molecular weight is 98.1 g/mol. The minimum absolute atomic E-state index is 0.593. The maximum Gasteiger partial charge on any atom is 0.160 e. The van der Waals surface area contributed by atoms with Gasteiger partial charge in [-0.1, -0.05) is 0 Å². The number of hydrogen-bond acceptors (Lipinski definition) is 3. The largest absolute Gasteiger partial charge is 0.369 e. The molecule has 0 aromatic heterocycles. The Bertz CT molecular complexity index is 108. The Morgan fingerprint density at radius 2 is 2.57 bits per heavy atom. The molecule has 3 heteroatoms. The van der Waals surface area contributed by atoms with Crippen LogP contribution in [0.5, 0.6) is 0 Å². The first-order valence-electron chi connectivity index (χ1n) is 2.02. The van der Waals surface area contributed by atoms with Crippen molar-refractivity contribution in [1.29, 1.82) is 0 Å². The highest BCUT2D eigenvalue weighted by molar-refractivity contribution is 5.64. The summed E-state index contributed by atoms with van der Waals surface area (Å²) in [5.74, 6) is 0. The minimum atomic E-state index is -0.593. The molecule has 1 unspecified atom stereocenters. The fourth-order valence-corrected chi connectivity index (χ4v) is 0.359. The van der Waals surface area contributed by atoms with Crippen molar-refractivity contribution >= 4 is 6.21 Å². The molecule has 0 aliphatic carbocycles. The van der Waals surface area contributed by atoms with E-state index in [9.17, 15) is 0 Å². The molecule has 2 N–H and O–H groups in total. The van der Waals surface area contributed by atoms with E-state index < -0.39 is 6.23 Å². The Morgan fingerprint density at radius 3 is 2.86 bits per heavy atom. The van der Waals surface area contributed by atoms with Crippen LogP contribution in [0.4, 0.5) is 0 Å². The lowest BCUT2D eigenvalue weighted by atomic mass is 10.6. The van der Waals surface area contributed by atoms with Crippen molar-refractivity contribution in [3.8, 4) is 0 Å². The maximum atomic E-state index is 8.60. The van der Waals surface area contributed by atoms with Crippen LogP contribution >= 0.6 is 0 Å². The van der Waals surface area contributed by atoms with E-state index in [-0.39, 0.29) is 0 Å². The summed E-state index contributed by atoms with van der Waals surface area (Å²) in [5, 5.41) is 11.2. The summed E-state index contributed by atoms with van der Waals surface area (Å²) in [5.41, 5.74) is 0. The van der Waals surface area contributed by atoms with Gasteiger partial charge in [0, 0.05) is 12.4 Å². The minimum Gasteiger partial charge on any atom is -0.369 e. The molecule has 0 spiro atoms. The monoisotopic (exact) mass is 98.0 g/mol. The van der Waals surface area contributed by atoms with Gasteiger partial charge in [0.15, 0.2) is 6.23 Å². The Balaban J connectivity index is 2.49. The second kappa shape index (κ2) is 1.75. The molecule has 1 heterocycles. The summed E-state index contributed by atoms with van der Waals surface area (Å²) in [4.78, 5) is 3.64. The van der Waals surface area contributed by atoms with E-state index in [2.05, 4.69) is 10.3 Å². The Hall–Kier alpha value is -0.830. The standard InChI is InChI=1S/C4H6N2O/c7-4-3-5-1-2-6-4/h1-4,6-7H. The zero-order valence-electron chi connectivity index (χ0n) is 3.70. The fraction of sp³-hybridized carbons (Fsp3) is 0.250. The highest BCUT2D eigenvalue weighted by atomic mass is 16.3. The third-order valence-electron chi connectivity index (χ3n) is 0.655. The third kappa shape index (κ3) is 1.01. The van der Waals surface area contributed by atoms with Crippen LogP contribution in [0.15, 0.2) is 17.4 Å². The molecule has 0 radical (unpaired) electrons. The van der Waals surface area contributed by atoms with Crippen LogP contribution in [-0.4, -0.2) is 17.5 Å². The molecule has 0 bridgehead atoms. The summed E-state index contributed by atoms with van der Waals surface area (Å²) < 4.78 is 0. The highest BCUT2D eigenvalue weighted by Crippen LogP contribution is 1.80. The normalized spacial score (nSPS) is 27.3. The summed E-state index contributed by atoms with van der Waals surface area (Å²) in [7, 11) is 0. The number of aliphatic imine (C=N–C) groups is 1. The summed E-state index contributed by atoms with van der Waals surface area (Å²) in [6.45, 7) is 0. The molecule has 1 aliphatic heterocycles. The Morgan fingerprint density at radius 1 is 1.71 bits per heavy atom. The molecule has 0 saturated carbocycles. The highest BCUT2D eigenvalue weighted by Gasteiger charge is 1.93. The number of aliphatic hydroxyl groups is 1. The number of rotatable bonds is 0. The van der Waals surface area contributed by atoms with E-state index >= 15 is 0 Å². The second-order valence-corrected chi connectivity index (χ2v) is 1.23. The van der Waals surface area contributed by atoms with E-state index in [1.54, 1.807) is 12.4 Å². The van der Waals surface area contributed by atoms with Crippen molar-refractivity contribution in [2.45, 2.75) is 6.23 Å². The van der Waals surface area contributed by atoms with Crippen LogP contribution in [0.1, 0.15) is 0 Å². The fourth-order valence-electron chi connectivity index (χ4n) is 0.359. The van der Waals surface area contributed by atoms with Gasteiger partial charge in [0.25, 0.3) is 0 Å². The van der Waals surface area contributed by atoms with Gasteiger partial charge >= 0.3 is 0 Å². The molecular weight excluding hydrogens is 92.1 g/mol. The average Bonchev–Trinajstić information content (AvgIpc) is 1.69. The molecule has 1 atom stereocenters. The van der Waals surface area contributed by atoms with Crippen molar-refractivity contribution in [3.05, 3.63) is 12.4 Å². The molecule has 0 aromatic carbocycles. The molecule has 0 aromatic rings. The first-order valence-corrected chi connectivity index (χ1v) is 2.02. The van der Waals surface area contributed by atoms with Crippen LogP contribution in [0.3, 0.4) is 0 Å². The molecule has 0 amide bonds. The number of hydrogen-bond donors (Lipinski definition) is 2. The lowest BCUT2D eigenvalue weighted by Gasteiger charge is -2.05. The predicted octanol–water partition coefficient (Wildman–Crippen LogP) is -0.550. The van der Waals surface area contributed by atoms with Crippen LogP contribution in [0.25, 0.3) is 0 Å². The molecular formula is C4H6N2O. The van der Waals surface area contributed by atoms with E-state index in [4.69, 9.17) is 5.11 Å². The second-order valence-electron chi connectivity index (χ2n) is 1.23. The Labute approximate surface area is 41.4 Å². The van der Waals surface area contributed by atoms with Gasteiger partial charge in [-0.2, -0.15) is 0 Å². The zero-order valence-corrected chi connectivity index (χ0v) is 3.70. The van der Waals surface area contributed by atoms with Crippen molar-refractivity contribution in [3.63, 3.8) is 0 Å². The maximum absolute atomic E-state index is 8.60. The van der Waals surface area contributed by atoms with E-state index in [1.165, 1.54) is 6.21 Å². The topological polar surface area (TPSA) is 44.6 Å². The van der Waals surface area contributed by atoms with Gasteiger partial charge in [0.05, 0.1) is 6.21 Å². The van der Waals surface area contributed by atoms with E-state index in [1.807, 2.05) is 0 Å². The first kappa shape index (κ1) is 4.33. The van der Waals surface area contributed by atoms with Gasteiger partial charge in [0.1, 0.15) is 0 Å². The van der Waals surface area contributed by atoms with Gasteiger partial charge in [-0.15, -0.1) is 0 Å². The molecule has 1 rings (SSSR count). The number of nitrogens with one attached hydrogen (secondary N) is 1. The lowest BCUT2D eigenvalue weighted by Crippen LogP contribution is -2.26. The smallest absolute Gasteiger partial charge is 0.160 e. The van der Waals surface area contributed by atoms with Gasteiger partial charge in [-0.3, -0.25) is 4.99 Å². The SMILES string of the molecule is OC1C=NC=CN1. The number of nitrogens with zero attached hydrogens (tertiary/aromatic N) is 1. The molecule has 1 aliphatic rings. The van der Waals surface area contributed by atoms with E-state index in [0.29, 0.717) is 0 Å². The molecule has 7 heavy (non-hydrogen) atoms. The van der Waals surface area contributed by atoms with Gasteiger partial charge in [-0.05, 0) is 0 Å². The summed E-state index contributed by atoms with van der Waals surface area (Å²) >= 11 is 0. The molecule has 0 fully saturated rings. The number of aliphatic hydroxyl groups excluding tert-OH is 1. The van der Waals surface area contributed by atoms with Gasteiger partial charge in [-0.25, -0.2) is 0 Å². The van der Waals surface area contributed by atoms with Crippen molar-refractivity contribution in [2.24, 2.45) is 4.99 Å². The van der Waals surface area contributed by atoms with Crippen LogP contribution in [-0.2, 0) is 0 Å². The molecule has 3 nitrogen and oxygen atoms in total. The predicted molar refractivity (Wildman–Crippen MR) is 26.8 cm³/mol. The Kier molecular flexibility index (Phi) is 1.08. The van der Waals surface area contributed by atoms with Gasteiger partial charge in [0.2, 0.25) is 0 Å². The van der Waals surface area contributed by atoms with Crippen molar-refractivity contribution in [1.82, 2.24) is 5.32 Å². The van der Waals surface area contributed by atoms with Crippen LogP contribution in [0.2, 0.25) is 0 Å². The summed E-state index contributed by atoms with van der Waals surface area (Å²) in [6.07, 6.45) is 3.99. The van der Waals surface area contributed by atoms with Crippen molar-refractivity contribution < 1.29 is 5.11 Å². The quantitative estimate of drug-likeness (QED) is 0.427. The molecule has 0 saturated heterocycles. The van der Waals surface area contributed by atoms with Gasteiger partial charge < -0.3 is 10.4 Å². The van der Waals surface area contributed by atoms with E-state index in [0.717, 1.165) is 0 Å². The summed E-state index contributed by atoms with van der Waals surface area (Å²) in [6, 6.07) is 0. The first-order chi connectivity index (χ1) is 3.39. The van der Waals surface area contributed by atoms with Crippen LogP contribution < -0.4 is 5.32 Å². The molecule has 38 valence electrons. The third-order valence-corrected chi connectivity index (χ3v) is 0.655. The van der Waals surface area contributed by atoms with Crippen LogP contribution in [0, 0.1) is 0 Å². The van der Waals surface area contributed by atoms with Crippen molar-refractivity contribution in [2.75, 3.05) is 0 Å². The lowest BCUT2D eigenvalue weighted by molar-refractivity contribution is 0.224.